The molecule has 0 amide bonds. The molecule has 2 bridgehead atoms. The van der Waals surface area contributed by atoms with Crippen LogP contribution in [-0.2, 0) is 24.4 Å². The maximum absolute atomic E-state index is 13.3. The van der Waals surface area contributed by atoms with Crippen molar-refractivity contribution in [1.82, 2.24) is 0 Å². The molecule has 27 heavy (non-hydrogen) atoms. The average molecular weight is 428 g/mol. The van der Waals surface area contributed by atoms with Crippen LogP contribution in [0.1, 0.15) is 12.8 Å². The molecule has 1 heterocycles. The van der Waals surface area contributed by atoms with E-state index in [4.69, 9.17) is 9.29 Å². The van der Waals surface area contributed by atoms with Crippen molar-refractivity contribution in [2.75, 3.05) is 5.75 Å². The van der Waals surface area contributed by atoms with Gasteiger partial charge < -0.3 is 14.6 Å². The van der Waals surface area contributed by atoms with E-state index in [2.05, 4.69) is 4.74 Å². The van der Waals surface area contributed by atoms with E-state index in [9.17, 15) is 44.7 Å². The fraction of sp³-hybridized carbons (Fsp3) is 0.923. The van der Waals surface area contributed by atoms with Crippen LogP contribution in [0.3, 0.4) is 0 Å². The van der Waals surface area contributed by atoms with Gasteiger partial charge in [0, 0.05) is 5.92 Å². The van der Waals surface area contributed by atoms with E-state index in [1.807, 2.05) is 0 Å². The molecular formula is C13H14F6O7S. The first kappa shape index (κ1) is 20.6. The molecule has 1 aliphatic heterocycles. The SMILES string of the molecule is O=C(OC(CS(=O)(=O)O)(C(F)(F)F)C(F)(F)F)C1C2CC3OC(O)C1C3C2. The van der Waals surface area contributed by atoms with Crippen LogP contribution >= 0.6 is 0 Å². The summed E-state index contributed by atoms with van der Waals surface area (Å²) in [7, 11) is -5.84. The molecule has 3 rings (SSSR count). The Hall–Kier alpha value is -1.12. The van der Waals surface area contributed by atoms with Gasteiger partial charge in [0.25, 0.3) is 10.1 Å². The van der Waals surface area contributed by atoms with E-state index in [1.165, 1.54) is 0 Å². The van der Waals surface area contributed by atoms with Crippen molar-refractivity contribution < 1.29 is 58.7 Å². The molecule has 6 unspecified atom stereocenters. The van der Waals surface area contributed by atoms with Crippen LogP contribution in [0.15, 0.2) is 0 Å². The number of carbonyl (C=O) groups excluding carboxylic acids is 1. The third-order valence-electron chi connectivity index (χ3n) is 5.50. The van der Waals surface area contributed by atoms with Gasteiger partial charge in [0.2, 0.25) is 0 Å². The Morgan fingerprint density at radius 2 is 1.67 bits per heavy atom. The molecule has 6 atom stereocenters. The highest BCUT2D eigenvalue weighted by Gasteiger charge is 2.77. The van der Waals surface area contributed by atoms with E-state index in [0.717, 1.165) is 0 Å². The average Bonchev–Trinajstić information content (AvgIpc) is 3.03. The Morgan fingerprint density at radius 1 is 1.11 bits per heavy atom. The molecule has 2 aliphatic carbocycles. The summed E-state index contributed by atoms with van der Waals surface area (Å²) in [6.45, 7) is 0. The van der Waals surface area contributed by atoms with Crippen LogP contribution < -0.4 is 0 Å². The van der Waals surface area contributed by atoms with Gasteiger partial charge in [-0.15, -0.1) is 0 Å². The fourth-order valence-corrected chi connectivity index (χ4v) is 5.38. The number of esters is 1. The number of fused-ring (bicyclic) bond motifs is 1. The van der Waals surface area contributed by atoms with Crippen molar-refractivity contribution in [3.8, 4) is 0 Å². The minimum Gasteiger partial charge on any atom is -0.438 e. The summed E-state index contributed by atoms with van der Waals surface area (Å²) in [6.07, 6.45) is -14.3. The number of halogens is 6. The summed E-state index contributed by atoms with van der Waals surface area (Å²) in [4.78, 5) is 12.3. The topological polar surface area (TPSA) is 110 Å². The molecule has 2 saturated carbocycles. The lowest BCUT2D eigenvalue weighted by Gasteiger charge is -2.37. The van der Waals surface area contributed by atoms with E-state index in [-0.39, 0.29) is 12.8 Å². The molecule has 7 nitrogen and oxygen atoms in total. The van der Waals surface area contributed by atoms with Gasteiger partial charge in [-0.25, -0.2) is 0 Å². The normalized spacial score (nSPS) is 36.3. The van der Waals surface area contributed by atoms with Gasteiger partial charge in [0.1, 0.15) is 5.75 Å². The minimum absolute atomic E-state index is 0.154. The van der Waals surface area contributed by atoms with Gasteiger partial charge >= 0.3 is 23.9 Å². The largest absolute Gasteiger partial charge is 0.438 e. The third kappa shape index (κ3) is 3.19. The lowest BCUT2D eigenvalue weighted by atomic mass is 9.79. The summed E-state index contributed by atoms with van der Waals surface area (Å²) in [5.41, 5.74) is -5.43. The second-order valence-electron chi connectivity index (χ2n) is 7.03. The number of aliphatic hydroxyl groups is 1. The molecule has 0 aromatic heterocycles. The van der Waals surface area contributed by atoms with E-state index in [0.29, 0.717) is 0 Å². The first-order valence-corrected chi connectivity index (χ1v) is 9.33. The van der Waals surface area contributed by atoms with Gasteiger partial charge in [-0.1, -0.05) is 0 Å². The van der Waals surface area contributed by atoms with Gasteiger partial charge in [-0.2, -0.15) is 34.8 Å². The fourth-order valence-electron chi connectivity index (χ4n) is 4.48. The first-order chi connectivity index (χ1) is 12.1. The number of rotatable bonds is 4. The summed E-state index contributed by atoms with van der Waals surface area (Å²) in [6, 6.07) is 0. The van der Waals surface area contributed by atoms with Crippen molar-refractivity contribution in [2.24, 2.45) is 23.7 Å². The molecule has 3 fully saturated rings. The van der Waals surface area contributed by atoms with Crippen LogP contribution in [-0.4, -0.2) is 60.1 Å². The standard InChI is InChI=1S/C13H14F6O7S/c14-12(15,16)11(13(17,18)19,3-27(22,23)24)26-10(21)7-4-1-5-6(2-4)25-9(20)8(5)7/h4-9,20H,1-3H2,(H,22,23,24). The summed E-state index contributed by atoms with van der Waals surface area (Å²) >= 11 is 0. The zero-order valence-electron chi connectivity index (χ0n) is 13.2. The van der Waals surface area contributed by atoms with Gasteiger partial charge in [-0.3, -0.25) is 9.35 Å². The highest BCUT2D eigenvalue weighted by molar-refractivity contribution is 7.85. The molecule has 1 saturated heterocycles. The maximum Gasteiger partial charge on any atom is 0.438 e. The van der Waals surface area contributed by atoms with Crippen LogP contribution in [0.25, 0.3) is 0 Å². The monoisotopic (exact) mass is 428 g/mol. The van der Waals surface area contributed by atoms with E-state index < -0.39 is 75.9 Å². The van der Waals surface area contributed by atoms with Gasteiger partial charge in [0.05, 0.1) is 12.0 Å². The van der Waals surface area contributed by atoms with Crippen LogP contribution in [0.5, 0.6) is 0 Å². The Balaban J connectivity index is 1.96. The molecule has 14 heteroatoms. The predicted octanol–water partition coefficient (Wildman–Crippen LogP) is 1.27. The number of hydrogen-bond donors (Lipinski definition) is 2. The number of alkyl halides is 6. The Bertz CT molecular complexity index is 716. The lowest BCUT2D eigenvalue weighted by Crippen LogP contribution is -2.64. The molecule has 0 radical (unpaired) electrons. The smallest absolute Gasteiger partial charge is 0.438 e. The zero-order valence-corrected chi connectivity index (χ0v) is 14.0. The van der Waals surface area contributed by atoms with Gasteiger partial charge in [0.15, 0.2) is 6.29 Å². The summed E-state index contributed by atoms with van der Waals surface area (Å²) < 4.78 is 119. The van der Waals surface area contributed by atoms with E-state index in [1.54, 1.807) is 0 Å². The zero-order chi connectivity index (χ0) is 20.6. The highest BCUT2D eigenvalue weighted by Crippen LogP contribution is 2.60. The van der Waals surface area contributed by atoms with Crippen molar-refractivity contribution in [2.45, 2.75) is 43.2 Å². The summed E-state index contributed by atoms with van der Waals surface area (Å²) in [5.74, 6) is -8.46. The molecule has 3 aliphatic rings. The number of hydrogen-bond acceptors (Lipinski definition) is 6. The molecule has 0 aromatic rings. The van der Waals surface area contributed by atoms with Crippen LogP contribution in [0.2, 0.25) is 0 Å². The number of ether oxygens (including phenoxy) is 2. The van der Waals surface area contributed by atoms with Crippen LogP contribution in [0, 0.1) is 23.7 Å². The van der Waals surface area contributed by atoms with Crippen LogP contribution in [0.4, 0.5) is 26.3 Å². The van der Waals surface area contributed by atoms with E-state index >= 15 is 0 Å². The Morgan fingerprint density at radius 3 is 2.15 bits per heavy atom. The Labute approximate surface area is 148 Å². The molecule has 2 N–H and O–H groups in total. The summed E-state index contributed by atoms with van der Waals surface area (Å²) in [5, 5.41) is 9.81. The van der Waals surface area contributed by atoms with Gasteiger partial charge in [-0.05, 0) is 24.7 Å². The van der Waals surface area contributed by atoms with Crippen molar-refractivity contribution in [3.05, 3.63) is 0 Å². The molecular weight excluding hydrogens is 414 g/mol. The maximum atomic E-state index is 13.3. The molecule has 0 spiro atoms. The second kappa shape index (κ2) is 5.94. The second-order valence-corrected chi connectivity index (χ2v) is 8.49. The lowest BCUT2D eigenvalue weighted by molar-refractivity contribution is -0.362. The first-order valence-electron chi connectivity index (χ1n) is 7.72. The van der Waals surface area contributed by atoms with Crippen molar-refractivity contribution >= 4 is 16.1 Å². The van der Waals surface area contributed by atoms with Crippen molar-refractivity contribution in [1.29, 1.82) is 0 Å². The predicted molar refractivity (Wildman–Crippen MR) is 71.4 cm³/mol. The number of carbonyl (C=O) groups is 1. The van der Waals surface area contributed by atoms with Crippen molar-refractivity contribution in [3.63, 3.8) is 0 Å². The molecule has 0 aromatic carbocycles. The molecule has 156 valence electrons. The number of aliphatic hydroxyl groups excluding tert-OH is 1. The Kier molecular flexibility index (Phi) is 4.53. The highest BCUT2D eigenvalue weighted by atomic mass is 32.2. The minimum atomic E-state index is -6.37. The quantitative estimate of drug-likeness (QED) is 0.394. The third-order valence-corrected chi connectivity index (χ3v) is 6.27.